The van der Waals surface area contributed by atoms with Crippen molar-refractivity contribution in [3.63, 3.8) is 0 Å². The molecule has 78 valence electrons. The highest BCUT2D eigenvalue weighted by Crippen LogP contribution is 2.31. The number of benzene rings is 1. The van der Waals surface area contributed by atoms with E-state index in [-0.39, 0.29) is 18.3 Å². The van der Waals surface area contributed by atoms with Crippen LogP contribution in [0.5, 0.6) is 5.75 Å². The van der Waals surface area contributed by atoms with Crippen LogP contribution >= 0.6 is 15.9 Å². The molecule has 2 nitrogen and oxygen atoms in total. The highest BCUT2D eigenvalue weighted by atomic mass is 79.9. The number of aliphatic hydroxyl groups excluding tert-OH is 1. The quantitative estimate of drug-likeness (QED) is 0.908. The van der Waals surface area contributed by atoms with Gasteiger partial charge in [0.25, 0.3) is 0 Å². The van der Waals surface area contributed by atoms with E-state index in [1.165, 1.54) is 13.2 Å². The molecule has 0 amide bonds. The maximum Gasteiger partial charge on any atom is 0.141 e. The number of halogens is 2. The molecule has 1 aromatic carbocycles. The average Bonchev–Trinajstić information content (AvgIpc) is 2.20. The molecule has 1 atom stereocenters. The molecule has 0 heterocycles. The van der Waals surface area contributed by atoms with Crippen molar-refractivity contribution in [2.24, 2.45) is 0 Å². The van der Waals surface area contributed by atoms with Crippen molar-refractivity contribution in [1.29, 1.82) is 0 Å². The summed E-state index contributed by atoms with van der Waals surface area (Å²) in [4.78, 5) is 0. The van der Waals surface area contributed by atoms with Crippen LogP contribution in [0, 0.1) is 5.82 Å². The van der Waals surface area contributed by atoms with E-state index < -0.39 is 0 Å². The number of aliphatic hydroxyl groups is 1. The lowest BCUT2D eigenvalue weighted by Gasteiger charge is -2.14. The van der Waals surface area contributed by atoms with Gasteiger partial charge in [0.2, 0.25) is 0 Å². The second-order valence-corrected chi connectivity index (χ2v) is 3.95. The third-order valence-electron chi connectivity index (χ3n) is 2.08. The van der Waals surface area contributed by atoms with Crippen LogP contribution in [-0.2, 0) is 0 Å². The monoisotopic (exact) mass is 262 g/mol. The van der Waals surface area contributed by atoms with E-state index in [4.69, 9.17) is 9.84 Å². The summed E-state index contributed by atoms with van der Waals surface area (Å²) in [6.07, 6.45) is 0. The van der Waals surface area contributed by atoms with E-state index in [9.17, 15) is 4.39 Å². The van der Waals surface area contributed by atoms with Gasteiger partial charge in [-0.2, -0.15) is 0 Å². The van der Waals surface area contributed by atoms with Crippen molar-refractivity contribution in [3.05, 3.63) is 28.0 Å². The summed E-state index contributed by atoms with van der Waals surface area (Å²) in [6.45, 7) is 1.86. The molecule has 1 aromatic rings. The normalized spacial score (nSPS) is 12.6. The second-order valence-electron chi connectivity index (χ2n) is 3.09. The van der Waals surface area contributed by atoms with Gasteiger partial charge in [0, 0.05) is 24.2 Å². The van der Waals surface area contributed by atoms with Gasteiger partial charge < -0.3 is 9.84 Å². The van der Waals surface area contributed by atoms with E-state index in [1.807, 2.05) is 6.92 Å². The summed E-state index contributed by atoms with van der Waals surface area (Å²) in [6, 6.07) is 2.95. The molecule has 1 N–H and O–H groups in total. The minimum absolute atomic E-state index is 0.00837. The molecule has 0 aliphatic rings. The summed E-state index contributed by atoms with van der Waals surface area (Å²) in [5.41, 5.74) is 0.795. The van der Waals surface area contributed by atoms with Crippen molar-refractivity contribution in [2.75, 3.05) is 13.7 Å². The molecule has 1 rings (SSSR count). The van der Waals surface area contributed by atoms with Crippen molar-refractivity contribution < 1.29 is 14.2 Å². The topological polar surface area (TPSA) is 29.5 Å². The minimum atomic E-state index is -0.365. The Balaban J connectivity index is 3.19. The minimum Gasteiger partial charge on any atom is -0.496 e. The zero-order valence-corrected chi connectivity index (χ0v) is 9.64. The van der Waals surface area contributed by atoms with Crippen molar-refractivity contribution >= 4 is 15.9 Å². The molecule has 0 radical (unpaired) electrons. The zero-order chi connectivity index (χ0) is 10.7. The first-order chi connectivity index (χ1) is 6.60. The summed E-state index contributed by atoms with van der Waals surface area (Å²) in [5, 5.41) is 9.00. The van der Waals surface area contributed by atoms with E-state index in [0.29, 0.717) is 10.2 Å². The molecule has 0 bridgehead atoms. The van der Waals surface area contributed by atoms with Crippen LogP contribution in [0.2, 0.25) is 0 Å². The molecule has 0 aromatic heterocycles. The van der Waals surface area contributed by atoms with E-state index in [0.717, 1.165) is 5.56 Å². The first kappa shape index (κ1) is 11.5. The molecule has 4 heteroatoms. The SMILES string of the molecule is COc1cc(F)c(Br)cc1C(C)CO. The molecule has 0 aliphatic carbocycles. The first-order valence-electron chi connectivity index (χ1n) is 4.24. The van der Waals surface area contributed by atoms with Gasteiger partial charge in [0.1, 0.15) is 11.6 Å². The van der Waals surface area contributed by atoms with Crippen LogP contribution in [0.25, 0.3) is 0 Å². The molecule has 0 saturated heterocycles. The summed E-state index contributed by atoms with van der Waals surface area (Å²) < 4.78 is 18.5. The fraction of sp³-hybridized carbons (Fsp3) is 0.400. The zero-order valence-electron chi connectivity index (χ0n) is 8.05. The van der Waals surface area contributed by atoms with Crippen LogP contribution in [-0.4, -0.2) is 18.8 Å². The molecule has 0 aliphatic heterocycles. The fourth-order valence-electron chi connectivity index (χ4n) is 1.20. The van der Waals surface area contributed by atoms with Crippen LogP contribution in [0.4, 0.5) is 4.39 Å². The standard InChI is InChI=1S/C10H12BrFO2/c1-6(5-13)7-3-8(11)9(12)4-10(7)14-2/h3-4,6,13H,5H2,1-2H3. The number of methoxy groups -OCH3 is 1. The summed E-state index contributed by atoms with van der Waals surface area (Å²) in [5.74, 6) is 0.0323. The van der Waals surface area contributed by atoms with Gasteiger partial charge in [0.05, 0.1) is 11.6 Å². The van der Waals surface area contributed by atoms with Crippen molar-refractivity contribution in [2.45, 2.75) is 12.8 Å². The van der Waals surface area contributed by atoms with Gasteiger partial charge in [-0.05, 0) is 22.0 Å². The lowest BCUT2D eigenvalue weighted by Crippen LogP contribution is -2.02. The summed E-state index contributed by atoms with van der Waals surface area (Å²) >= 11 is 3.09. The van der Waals surface area contributed by atoms with Crippen molar-refractivity contribution in [1.82, 2.24) is 0 Å². The Bertz CT molecular complexity index is 328. The lowest BCUT2D eigenvalue weighted by atomic mass is 10.0. The Morgan fingerprint density at radius 1 is 1.57 bits per heavy atom. The number of rotatable bonds is 3. The second kappa shape index (κ2) is 4.75. The third kappa shape index (κ3) is 2.25. The smallest absolute Gasteiger partial charge is 0.141 e. The summed E-state index contributed by atoms with van der Waals surface area (Å²) in [7, 11) is 1.48. The molecular formula is C10H12BrFO2. The highest BCUT2D eigenvalue weighted by Gasteiger charge is 2.13. The molecule has 1 unspecified atom stereocenters. The Morgan fingerprint density at radius 2 is 2.21 bits per heavy atom. The molecule has 0 saturated carbocycles. The fourth-order valence-corrected chi connectivity index (χ4v) is 1.57. The van der Waals surface area contributed by atoms with Gasteiger partial charge in [-0.3, -0.25) is 0 Å². The Labute approximate surface area is 90.8 Å². The number of ether oxygens (including phenoxy) is 1. The highest BCUT2D eigenvalue weighted by molar-refractivity contribution is 9.10. The average molecular weight is 263 g/mol. The Morgan fingerprint density at radius 3 is 2.71 bits per heavy atom. The van der Waals surface area contributed by atoms with Gasteiger partial charge in [-0.25, -0.2) is 4.39 Å². The van der Waals surface area contributed by atoms with Crippen LogP contribution in [0.1, 0.15) is 18.4 Å². The number of hydrogen-bond acceptors (Lipinski definition) is 2. The van der Waals surface area contributed by atoms with Gasteiger partial charge in [-0.1, -0.05) is 6.92 Å². The van der Waals surface area contributed by atoms with Crippen LogP contribution in [0.15, 0.2) is 16.6 Å². The van der Waals surface area contributed by atoms with Gasteiger partial charge in [-0.15, -0.1) is 0 Å². The number of hydrogen-bond donors (Lipinski definition) is 1. The maximum atomic E-state index is 13.1. The van der Waals surface area contributed by atoms with Crippen LogP contribution < -0.4 is 4.74 Å². The molecular weight excluding hydrogens is 251 g/mol. The predicted molar refractivity (Wildman–Crippen MR) is 56.2 cm³/mol. The van der Waals surface area contributed by atoms with E-state index in [2.05, 4.69) is 15.9 Å². The van der Waals surface area contributed by atoms with Gasteiger partial charge >= 0.3 is 0 Å². The van der Waals surface area contributed by atoms with Crippen LogP contribution in [0.3, 0.4) is 0 Å². The van der Waals surface area contributed by atoms with E-state index >= 15 is 0 Å². The Hall–Kier alpha value is -0.610. The molecule has 0 spiro atoms. The van der Waals surface area contributed by atoms with Gasteiger partial charge in [0.15, 0.2) is 0 Å². The maximum absolute atomic E-state index is 13.1. The van der Waals surface area contributed by atoms with Crippen molar-refractivity contribution in [3.8, 4) is 5.75 Å². The molecule has 14 heavy (non-hydrogen) atoms. The third-order valence-corrected chi connectivity index (χ3v) is 2.69. The Kier molecular flexibility index (Phi) is 3.89. The first-order valence-corrected chi connectivity index (χ1v) is 5.03. The molecule has 0 fully saturated rings. The lowest BCUT2D eigenvalue weighted by molar-refractivity contribution is 0.269. The largest absolute Gasteiger partial charge is 0.496 e. The van der Waals surface area contributed by atoms with E-state index in [1.54, 1.807) is 6.07 Å². The predicted octanol–water partition coefficient (Wildman–Crippen LogP) is 2.69.